The summed E-state index contributed by atoms with van der Waals surface area (Å²) in [5.74, 6) is -0.428. The molecule has 0 spiro atoms. The van der Waals surface area contributed by atoms with Gasteiger partial charge in [-0.1, -0.05) is 0 Å². The van der Waals surface area contributed by atoms with Crippen LogP contribution in [-0.2, 0) is 22.3 Å². The fraction of sp³-hybridized carbons (Fsp3) is 0.412. The number of aromatic nitrogens is 1. The van der Waals surface area contributed by atoms with E-state index < -0.39 is 17.6 Å². The molecule has 3 rings (SSSR count). The predicted octanol–water partition coefficient (Wildman–Crippen LogP) is 4.58. The van der Waals surface area contributed by atoms with Gasteiger partial charge in [0.15, 0.2) is 0 Å². The molecule has 140 valence electrons. The number of halogens is 3. The van der Waals surface area contributed by atoms with E-state index >= 15 is 0 Å². The van der Waals surface area contributed by atoms with Crippen molar-refractivity contribution in [1.29, 1.82) is 0 Å². The zero-order valence-electron chi connectivity index (χ0n) is 14.0. The van der Waals surface area contributed by atoms with Crippen LogP contribution in [-0.4, -0.2) is 17.5 Å². The average molecular weight is 385 g/mol. The fourth-order valence-corrected chi connectivity index (χ4v) is 3.62. The molecule has 1 saturated heterocycles. The topological polar surface area (TPSA) is 63.2 Å². The summed E-state index contributed by atoms with van der Waals surface area (Å²) in [6.45, 7) is 2.13. The van der Waals surface area contributed by atoms with E-state index in [2.05, 4.69) is 15.6 Å². The van der Waals surface area contributed by atoms with Crippen LogP contribution in [0.1, 0.15) is 42.1 Å². The molecule has 1 aromatic heterocycles. The molecule has 5 nitrogen and oxygen atoms in total. The Labute approximate surface area is 152 Å². The van der Waals surface area contributed by atoms with E-state index in [1.807, 2.05) is 5.38 Å². The third-order valence-electron chi connectivity index (χ3n) is 3.88. The number of alkyl halides is 3. The first-order chi connectivity index (χ1) is 12.3. The Kier molecular flexibility index (Phi) is 5.47. The lowest BCUT2D eigenvalue weighted by molar-refractivity contribution is -0.137. The van der Waals surface area contributed by atoms with Crippen LogP contribution >= 0.6 is 11.3 Å². The molecular formula is C17H18F3N3O2S. The lowest BCUT2D eigenvalue weighted by Gasteiger charge is -2.16. The molecule has 0 saturated carbocycles. The monoisotopic (exact) mass is 385 g/mol. The minimum absolute atomic E-state index is 0.00331. The molecule has 1 fully saturated rings. The number of hydrogen-bond donors (Lipinski definition) is 2. The van der Waals surface area contributed by atoms with Gasteiger partial charge in [-0.2, -0.15) is 13.2 Å². The van der Waals surface area contributed by atoms with Crippen LogP contribution in [0.25, 0.3) is 0 Å². The van der Waals surface area contributed by atoms with Gasteiger partial charge < -0.3 is 15.4 Å². The number of thiazole rings is 1. The normalized spacial score (nSPS) is 17.3. The standard InChI is InChI=1S/C17H18F3N3O2S/c1-10(24)22-11-4-5-14(13(7-11)17(18,19)20)21-8-12-9-26-16(23-12)15-3-2-6-25-15/h4-5,7,9,15,21H,2-3,6,8H2,1H3,(H,22,24). The van der Waals surface area contributed by atoms with Gasteiger partial charge in [-0.3, -0.25) is 4.79 Å². The highest BCUT2D eigenvalue weighted by Crippen LogP contribution is 2.37. The summed E-state index contributed by atoms with van der Waals surface area (Å²) in [4.78, 5) is 15.5. The van der Waals surface area contributed by atoms with Crippen LogP contribution in [0.2, 0.25) is 0 Å². The van der Waals surface area contributed by atoms with E-state index in [9.17, 15) is 18.0 Å². The molecule has 2 aromatic rings. The van der Waals surface area contributed by atoms with Crippen LogP contribution in [0.15, 0.2) is 23.6 Å². The second-order valence-corrected chi connectivity index (χ2v) is 6.86. The maximum absolute atomic E-state index is 13.3. The quantitative estimate of drug-likeness (QED) is 0.791. The number of ether oxygens (including phenoxy) is 1. The van der Waals surface area contributed by atoms with Gasteiger partial charge >= 0.3 is 6.18 Å². The van der Waals surface area contributed by atoms with E-state index in [1.54, 1.807) is 0 Å². The molecule has 1 aliphatic heterocycles. The second-order valence-electron chi connectivity index (χ2n) is 5.97. The number of amides is 1. The third-order valence-corrected chi connectivity index (χ3v) is 4.87. The number of carbonyl (C=O) groups is 1. The van der Waals surface area contributed by atoms with E-state index in [0.29, 0.717) is 12.3 Å². The number of hydrogen-bond acceptors (Lipinski definition) is 5. The minimum Gasteiger partial charge on any atom is -0.379 e. The number of nitrogens with one attached hydrogen (secondary N) is 2. The van der Waals surface area contributed by atoms with Gasteiger partial charge in [0.05, 0.1) is 17.8 Å². The molecule has 0 aliphatic carbocycles. The molecule has 26 heavy (non-hydrogen) atoms. The highest BCUT2D eigenvalue weighted by molar-refractivity contribution is 7.09. The van der Waals surface area contributed by atoms with Gasteiger partial charge in [-0.25, -0.2) is 4.98 Å². The van der Waals surface area contributed by atoms with Gasteiger partial charge in [0, 0.05) is 30.3 Å². The Hall–Kier alpha value is -2.13. The van der Waals surface area contributed by atoms with Crippen molar-refractivity contribution in [3.63, 3.8) is 0 Å². The lowest BCUT2D eigenvalue weighted by atomic mass is 10.1. The number of nitrogens with zero attached hydrogens (tertiary/aromatic N) is 1. The summed E-state index contributed by atoms with van der Waals surface area (Å²) in [7, 11) is 0. The Balaban J connectivity index is 1.73. The summed E-state index contributed by atoms with van der Waals surface area (Å²) in [6.07, 6.45) is -2.63. The predicted molar refractivity (Wildman–Crippen MR) is 93.1 cm³/mol. The van der Waals surface area contributed by atoms with Crippen LogP contribution in [0.5, 0.6) is 0 Å². The molecule has 1 amide bonds. The first-order valence-corrected chi connectivity index (χ1v) is 8.99. The minimum atomic E-state index is -4.54. The van der Waals surface area contributed by atoms with Crippen LogP contribution < -0.4 is 10.6 Å². The molecular weight excluding hydrogens is 367 g/mol. The molecule has 9 heteroatoms. The average Bonchev–Trinajstić information content (AvgIpc) is 3.23. The zero-order chi connectivity index (χ0) is 18.7. The highest BCUT2D eigenvalue weighted by atomic mass is 32.1. The Bertz CT molecular complexity index is 786. The van der Waals surface area contributed by atoms with Crippen LogP contribution in [0, 0.1) is 0 Å². The molecule has 1 atom stereocenters. The molecule has 0 radical (unpaired) electrons. The zero-order valence-corrected chi connectivity index (χ0v) is 14.8. The summed E-state index contributed by atoms with van der Waals surface area (Å²) in [5, 5.41) is 7.83. The lowest BCUT2D eigenvalue weighted by Crippen LogP contribution is -2.13. The van der Waals surface area contributed by atoms with E-state index in [-0.39, 0.29) is 24.0 Å². The van der Waals surface area contributed by atoms with Crippen LogP contribution in [0.4, 0.5) is 24.5 Å². The molecule has 1 aromatic carbocycles. The van der Waals surface area contributed by atoms with E-state index in [0.717, 1.165) is 23.9 Å². The maximum Gasteiger partial charge on any atom is 0.418 e. The number of anilines is 2. The van der Waals surface area contributed by atoms with Gasteiger partial charge in [-0.15, -0.1) is 11.3 Å². The summed E-state index contributed by atoms with van der Waals surface area (Å²) in [5.41, 5.74) is -0.124. The maximum atomic E-state index is 13.3. The second kappa shape index (κ2) is 7.63. The first-order valence-electron chi connectivity index (χ1n) is 8.11. The number of benzene rings is 1. The van der Waals surface area contributed by atoms with Gasteiger partial charge in [0.1, 0.15) is 11.1 Å². The van der Waals surface area contributed by atoms with Crippen molar-refractivity contribution in [3.8, 4) is 0 Å². The van der Waals surface area contributed by atoms with Crippen molar-refractivity contribution in [2.24, 2.45) is 0 Å². The molecule has 0 bridgehead atoms. The van der Waals surface area contributed by atoms with Crippen molar-refractivity contribution < 1.29 is 22.7 Å². The largest absolute Gasteiger partial charge is 0.418 e. The summed E-state index contributed by atoms with van der Waals surface area (Å²) in [6, 6.07) is 3.65. The van der Waals surface area contributed by atoms with Crippen molar-refractivity contribution in [3.05, 3.63) is 39.8 Å². The van der Waals surface area contributed by atoms with Gasteiger partial charge in [-0.05, 0) is 31.0 Å². The number of carbonyl (C=O) groups excluding carboxylic acids is 1. The Morgan fingerprint density at radius 2 is 2.23 bits per heavy atom. The van der Waals surface area contributed by atoms with E-state index in [1.165, 1.54) is 30.4 Å². The van der Waals surface area contributed by atoms with Crippen molar-refractivity contribution >= 4 is 28.6 Å². The third kappa shape index (κ3) is 4.53. The molecule has 1 unspecified atom stereocenters. The number of rotatable bonds is 5. The first kappa shape index (κ1) is 18.7. The molecule has 2 N–H and O–H groups in total. The molecule has 2 heterocycles. The summed E-state index contributed by atoms with van der Waals surface area (Å²) >= 11 is 1.46. The Morgan fingerprint density at radius 1 is 1.42 bits per heavy atom. The SMILES string of the molecule is CC(=O)Nc1ccc(NCc2csc(C3CCCO3)n2)c(C(F)(F)F)c1. The summed E-state index contributed by atoms with van der Waals surface area (Å²) < 4.78 is 45.5. The van der Waals surface area contributed by atoms with Crippen molar-refractivity contribution in [2.45, 2.75) is 38.6 Å². The van der Waals surface area contributed by atoms with Gasteiger partial charge in [0.25, 0.3) is 0 Å². The van der Waals surface area contributed by atoms with Crippen LogP contribution in [0.3, 0.4) is 0 Å². The smallest absolute Gasteiger partial charge is 0.379 e. The highest BCUT2D eigenvalue weighted by Gasteiger charge is 2.34. The Morgan fingerprint density at radius 3 is 2.88 bits per heavy atom. The molecule has 1 aliphatic rings. The van der Waals surface area contributed by atoms with Crippen molar-refractivity contribution in [2.75, 3.05) is 17.2 Å². The van der Waals surface area contributed by atoms with Gasteiger partial charge in [0.2, 0.25) is 5.91 Å². The van der Waals surface area contributed by atoms with Crippen molar-refractivity contribution in [1.82, 2.24) is 4.98 Å². The van der Waals surface area contributed by atoms with E-state index in [4.69, 9.17) is 4.74 Å². The fourth-order valence-electron chi connectivity index (χ4n) is 2.72.